The summed E-state index contributed by atoms with van der Waals surface area (Å²) in [6.07, 6.45) is 0.661. The lowest BCUT2D eigenvalue weighted by molar-refractivity contribution is -0.135. The van der Waals surface area contributed by atoms with E-state index >= 15 is 0 Å². The van der Waals surface area contributed by atoms with Crippen LogP contribution in [0.1, 0.15) is 17.2 Å². The Morgan fingerprint density at radius 2 is 1.74 bits per heavy atom. The first-order valence-corrected chi connectivity index (χ1v) is 7.84. The van der Waals surface area contributed by atoms with Crippen molar-refractivity contribution in [1.29, 1.82) is 0 Å². The molecule has 27 heavy (non-hydrogen) atoms. The second-order valence-electron chi connectivity index (χ2n) is 5.62. The predicted molar refractivity (Wildman–Crippen MR) is 91.6 cm³/mol. The Morgan fingerprint density at radius 1 is 1.11 bits per heavy atom. The Labute approximate surface area is 153 Å². The molecule has 0 aliphatic heterocycles. The highest BCUT2D eigenvalue weighted by Crippen LogP contribution is 2.19. The lowest BCUT2D eigenvalue weighted by atomic mass is 10.0. The molecule has 3 N–H and O–H groups in total. The van der Waals surface area contributed by atoms with E-state index < -0.39 is 35.4 Å². The highest BCUT2D eigenvalue weighted by atomic mass is 19.2. The minimum atomic E-state index is -1.33. The number of hydrogen-bond acceptors (Lipinski definition) is 4. The summed E-state index contributed by atoms with van der Waals surface area (Å²) < 4.78 is 45.1. The SMILES string of the molecule is COC(=O)/C=C(/Cc1cc(F)c(F)cc1F)N[C@H](C(N)=O)c1ccccc1. The van der Waals surface area contributed by atoms with Gasteiger partial charge in [0, 0.05) is 24.3 Å². The van der Waals surface area contributed by atoms with E-state index in [0.29, 0.717) is 17.7 Å². The molecule has 142 valence electrons. The summed E-state index contributed by atoms with van der Waals surface area (Å²) in [5, 5.41) is 2.75. The summed E-state index contributed by atoms with van der Waals surface area (Å²) in [6, 6.07) is 8.44. The van der Waals surface area contributed by atoms with Gasteiger partial charge < -0.3 is 15.8 Å². The van der Waals surface area contributed by atoms with E-state index in [4.69, 9.17) is 5.73 Å². The molecule has 0 spiro atoms. The van der Waals surface area contributed by atoms with E-state index in [1.165, 1.54) is 0 Å². The number of rotatable bonds is 7. The van der Waals surface area contributed by atoms with Gasteiger partial charge in [0.15, 0.2) is 11.6 Å². The quantitative estimate of drug-likeness (QED) is 0.441. The maximum Gasteiger partial charge on any atom is 0.332 e. The molecule has 1 amide bonds. The standard InChI is InChI=1S/C19H17F3N2O3/c1-27-17(25)9-13(7-12-8-15(21)16(22)10-14(12)20)24-18(19(23)26)11-5-3-2-4-6-11/h2-6,8-10,18,24H,7H2,1H3,(H2,23,26)/b13-9-/t18-/m0/s1. The summed E-state index contributed by atoms with van der Waals surface area (Å²) in [6.45, 7) is 0. The minimum absolute atomic E-state index is 0.0411. The fraction of sp³-hybridized carbons (Fsp3) is 0.158. The van der Waals surface area contributed by atoms with Crippen LogP contribution >= 0.6 is 0 Å². The molecule has 2 aromatic carbocycles. The van der Waals surface area contributed by atoms with Gasteiger partial charge in [0.05, 0.1) is 7.11 Å². The Kier molecular flexibility index (Phi) is 6.59. The topological polar surface area (TPSA) is 81.4 Å². The van der Waals surface area contributed by atoms with Crippen molar-refractivity contribution in [2.45, 2.75) is 12.5 Å². The number of primary amides is 1. The Morgan fingerprint density at radius 3 is 2.33 bits per heavy atom. The Bertz CT molecular complexity index is 870. The van der Waals surface area contributed by atoms with Crippen LogP contribution in [0.3, 0.4) is 0 Å². The first-order valence-electron chi connectivity index (χ1n) is 7.84. The van der Waals surface area contributed by atoms with Gasteiger partial charge in [-0.3, -0.25) is 4.79 Å². The lowest BCUT2D eigenvalue weighted by Gasteiger charge is -2.20. The maximum absolute atomic E-state index is 14.0. The zero-order chi connectivity index (χ0) is 20.0. The molecule has 5 nitrogen and oxygen atoms in total. The number of halogens is 3. The molecular formula is C19H17F3N2O3. The van der Waals surface area contributed by atoms with Gasteiger partial charge >= 0.3 is 5.97 Å². The van der Waals surface area contributed by atoms with Crippen LogP contribution in [0.4, 0.5) is 13.2 Å². The van der Waals surface area contributed by atoms with Gasteiger partial charge in [-0.05, 0) is 17.2 Å². The third-order valence-corrected chi connectivity index (χ3v) is 3.71. The van der Waals surface area contributed by atoms with Crippen LogP contribution in [-0.4, -0.2) is 19.0 Å². The molecule has 2 rings (SSSR count). The monoisotopic (exact) mass is 378 g/mol. The molecule has 8 heteroatoms. The van der Waals surface area contributed by atoms with Crippen LogP contribution in [0.2, 0.25) is 0 Å². The lowest BCUT2D eigenvalue weighted by Crippen LogP contribution is -2.34. The molecule has 2 aromatic rings. The van der Waals surface area contributed by atoms with Crippen molar-refractivity contribution in [3.63, 3.8) is 0 Å². The number of esters is 1. The van der Waals surface area contributed by atoms with Crippen molar-refractivity contribution in [2.24, 2.45) is 5.73 Å². The zero-order valence-corrected chi connectivity index (χ0v) is 14.3. The number of carbonyl (C=O) groups excluding carboxylic acids is 2. The molecule has 0 saturated heterocycles. The average molecular weight is 378 g/mol. The zero-order valence-electron chi connectivity index (χ0n) is 14.3. The van der Waals surface area contributed by atoms with Crippen molar-refractivity contribution >= 4 is 11.9 Å². The number of hydrogen-bond donors (Lipinski definition) is 2. The van der Waals surface area contributed by atoms with Crippen LogP contribution in [-0.2, 0) is 20.7 Å². The molecule has 0 aliphatic rings. The maximum atomic E-state index is 14.0. The predicted octanol–water partition coefficient (Wildman–Crippen LogP) is 2.52. The third kappa shape index (κ3) is 5.34. The number of carbonyl (C=O) groups is 2. The van der Waals surface area contributed by atoms with Crippen LogP contribution in [0, 0.1) is 17.5 Å². The first-order chi connectivity index (χ1) is 12.8. The number of nitrogens with one attached hydrogen (secondary N) is 1. The summed E-state index contributed by atoms with van der Waals surface area (Å²) in [4.78, 5) is 23.5. The van der Waals surface area contributed by atoms with Crippen LogP contribution in [0.5, 0.6) is 0 Å². The number of nitrogens with two attached hydrogens (primary N) is 1. The first kappa shape index (κ1) is 20.0. The molecule has 0 heterocycles. The number of amides is 1. The molecule has 0 fully saturated rings. The largest absolute Gasteiger partial charge is 0.466 e. The number of methoxy groups -OCH3 is 1. The van der Waals surface area contributed by atoms with Crippen molar-refractivity contribution in [2.75, 3.05) is 7.11 Å². The number of ether oxygens (including phenoxy) is 1. The van der Waals surface area contributed by atoms with Crippen LogP contribution < -0.4 is 11.1 Å². The summed E-state index contributed by atoms with van der Waals surface area (Å²) in [7, 11) is 1.14. The van der Waals surface area contributed by atoms with E-state index in [1.807, 2.05) is 0 Å². The van der Waals surface area contributed by atoms with E-state index in [-0.39, 0.29) is 17.7 Å². The summed E-state index contributed by atoms with van der Waals surface area (Å²) in [5.74, 6) is -5.10. The van der Waals surface area contributed by atoms with Crippen LogP contribution in [0.25, 0.3) is 0 Å². The fourth-order valence-corrected chi connectivity index (χ4v) is 2.40. The number of benzene rings is 2. The Hall–Kier alpha value is -3.29. The Balaban J connectivity index is 2.37. The van der Waals surface area contributed by atoms with Crippen molar-refractivity contribution in [3.8, 4) is 0 Å². The molecule has 0 aliphatic carbocycles. The van der Waals surface area contributed by atoms with Gasteiger partial charge in [-0.25, -0.2) is 18.0 Å². The molecule has 0 bridgehead atoms. The fourth-order valence-electron chi connectivity index (χ4n) is 2.40. The minimum Gasteiger partial charge on any atom is -0.466 e. The van der Waals surface area contributed by atoms with Gasteiger partial charge in [-0.15, -0.1) is 0 Å². The highest BCUT2D eigenvalue weighted by Gasteiger charge is 2.20. The smallest absolute Gasteiger partial charge is 0.332 e. The van der Waals surface area contributed by atoms with E-state index in [9.17, 15) is 22.8 Å². The third-order valence-electron chi connectivity index (χ3n) is 3.71. The van der Waals surface area contributed by atoms with Crippen molar-refractivity contribution < 1.29 is 27.5 Å². The van der Waals surface area contributed by atoms with E-state index in [2.05, 4.69) is 10.1 Å². The molecule has 0 saturated carbocycles. The molecule has 1 atom stereocenters. The molecule has 0 radical (unpaired) electrons. The van der Waals surface area contributed by atoms with E-state index in [1.54, 1.807) is 30.3 Å². The second-order valence-corrected chi connectivity index (χ2v) is 5.62. The summed E-state index contributed by atoms with van der Waals surface area (Å²) in [5.41, 5.74) is 5.75. The van der Waals surface area contributed by atoms with Gasteiger partial charge in [0.1, 0.15) is 11.9 Å². The molecular weight excluding hydrogens is 361 g/mol. The normalized spacial score (nSPS) is 12.4. The van der Waals surface area contributed by atoms with Gasteiger partial charge in [-0.1, -0.05) is 30.3 Å². The average Bonchev–Trinajstić information content (AvgIpc) is 2.64. The molecule has 0 unspecified atom stereocenters. The number of allylic oxidation sites excluding steroid dienone is 1. The van der Waals surface area contributed by atoms with Crippen molar-refractivity contribution in [3.05, 3.63) is 82.8 Å². The van der Waals surface area contributed by atoms with Gasteiger partial charge in [-0.2, -0.15) is 0 Å². The molecule has 0 aromatic heterocycles. The van der Waals surface area contributed by atoms with Gasteiger partial charge in [0.2, 0.25) is 5.91 Å². The van der Waals surface area contributed by atoms with Crippen molar-refractivity contribution in [1.82, 2.24) is 5.32 Å². The van der Waals surface area contributed by atoms with Crippen LogP contribution in [0.15, 0.2) is 54.2 Å². The highest BCUT2D eigenvalue weighted by molar-refractivity contribution is 5.84. The second kappa shape index (κ2) is 8.88. The van der Waals surface area contributed by atoms with E-state index in [0.717, 1.165) is 13.2 Å². The van der Waals surface area contributed by atoms with Gasteiger partial charge in [0.25, 0.3) is 0 Å². The summed E-state index contributed by atoms with van der Waals surface area (Å²) >= 11 is 0.